The fourth-order valence-electron chi connectivity index (χ4n) is 1.79. The van der Waals surface area contributed by atoms with Crippen molar-refractivity contribution in [1.82, 2.24) is 10.6 Å². The molecular formula is C17H20F2N2O5. The van der Waals surface area contributed by atoms with Crippen LogP contribution in [-0.2, 0) is 19.1 Å². The maximum Gasteiger partial charge on any atom is 0.387 e. The molecule has 0 unspecified atom stereocenters. The van der Waals surface area contributed by atoms with Gasteiger partial charge in [0, 0.05) is 12.6 Å². The summed E-state index contributed by atoms with van der Waals surface area (Å²) in [5, 5.41) is 4.93. The second-order valence-electron chi connectivity index (χ2n) is 5.07. The van der Waals surface area contributed by atoms with Crippen molar-refractivity contribution in [3.63, 3.8) is 0 Å². The Morgan fingerprint density at radius 3 is 2.42 bits per heavy atom. The minimum atomic E-state index is -2.91. The van der Waals surface area contributed by atoms with Gasteiger partial charge in [-0.25, -0.2) is 4.79 Å². The van der Waals surface area contributed by atoms with Crippen molar-refractivity contribution in [1.29, 1.82) is 0 Å². The zero-order valence-electron chi connectivity index (χ0n) is 14.3. The smallest absolute Gasteiger partial charge is 0.387 e. The molecule has 0 aliphatic carbocycles. The fourth-order valence-corrected chi connectivity index (χ4v) is 1.79. The molecule has 2 amide bonds. The normalized spacial score (nSPS) is 11.9. The largest absolute Gasteiger partial charge is 0.452 e. The average molecular weight is 370 g/mol. The number of ether oxygens (including phenoxy) is 2. The maximum absolute atomic E-state index is 12.0. The van der Waals surface area contributed by atoms with E-state index < -0.39 is 31.1 Å². The van der Waals surface area contributed by atoms with E-state index in [9.17, 15) is 23.2 Å². The molecule has 2 N–H and O–H groups in total. The van der Waals surface area contributed by atoms with Crippen molar-refractivity contribution in [3.8, 4) is 5.75 Å². The Bertz CT molecular complexity index is 647. The molecule has 1 atom stereocenters. The van der Waals surface area contributed by atoms with Crippen molar-refractivity contribution in [2.75, 3.05) is 13.2 Å². The van der Waals surface area contributed by atoms with E-state index in [1.54, 1.807) is 6.92 Å². The number of rotatable bonds is 9. The topological polar surface area (TPSA) is 93.7 Å². The highest BCUT2D eigenvalue weighted by Crippen LogP contribution is 2.15. The van der Waals surface area contributed by atoms with Crippen LogP contribution in [0.4, 0.5) is 8.78 Å². The number of halogens is 2. The molecule has 9 heteroatoms. The Kier molecular flexibility index (Phi) is 8.76. The van der Waals surface area contributed by atoms with Crippen LogP contribution in [0.1, 0.15) is 19.4 Å². The number of hydrogen-bond donors (Lipinski definition) is 2. The molecule has 0 saturated heterocycles. The van der Waals surface area contributed by atoms with E-state index in [1.807, 2.05) is 0 Å². The molecule has 1 rings (SSSR count). The SMILES string of the molecule is CCNC(=O)[C@H](C)NC(=O)COC(=O)/C=C/c1ccc(OC(F)F)cc1. The van der Waals surface area contributed by atoms with E-state index in [0.29, 0.717) is 12.1 Å². The first-order valence-electron chi connectivity index (χ1n) is 7.78. The standard InChI is InChI=1S/C17H20F2N2O5/c1-3-20-16(24)11(2)21-14(22)10-25-15(23)9-6-12-4-7-13(8-5-12)26-17(18)19/h4-9,11,17H,3,10H2,1-2H3,(H,20,24)(H,21,22)/b9-6+/t11-/m0/s1. The quantitative estimate of drug-likeness (QED) is 0.507. The van der Waals surface area contributed by atoms with E-state index in [1.165, 1.54) is 37.3 Å². The molecule has 1 aromatic carbocycles. The van der Waals surface area contributed by atoms with Crippen molar-refractivity contribution < 1.29 is 32.6 Å². The number of carbonyl (C=O) groups excluding carboxylic acids is 3. The second-order valence-corrected chi connectivity index (χ2v) is 5.07. The van der Waals surface area contributed by atoms with E-state index >= 15 is 0 Å². The van der Waals surface area contributed by atoms with E-state index in [-0.39, 0.29) is 11.7 Å². The Balaban J connectivity index is 2.40. The molecular weight excluding hydrogens is 350 g/mol. The van der Waals surface area contributed by atoms with Crippen LogP contribution in [-0.4, -0.2) is 43.6 Å². The van der Waals surface area contributed by atoms with Gasteiger partial charge in [0.25, 0.3) is 5.91 Å². The van der Waals surface area contributed by atoms with Gasteiger partial charge in [-0.15, -0.1) is 0 Å². The van der Waals surface area contributed by atoms with Crippen LogP contribution in [0.2, 0.25) is 0 Å². The van der Waals surface area contributed by atoms with Crippen molar-refractivity contribution in [3.05, 3.63) is 35.9 Å². The summed E-state index contributed by atoms with van der Waals surface area (Å²) in [6, 6.07) is 4.86. The summed E-state index contributed by atoms with van der Waals surface area (Å²) in [7, 11) is 0. The number of esters is 1. The lowest BCUT2D eigenvalue weighted by molar-refractivity contribution is -0.144. The highest BCUT2D eigenvalue weighted by atomic mass is 19.3. The second kappa shape index (κ2) is 10.8. The van der Waals surface area contributed by atoms with Crippen LogP contribution in [0.15, 0.2) is 30.3 Å². The summed E-state index contributed by atoms with van der Waals surface area (Å²) in [5.41, 5.74) is 0.554. The molecule has 0 aliphatic heterocycles. The Morgan fingerprint density at radius 1 is 1.19 bits per heavy atom. The van der Waals surface area contributed by atoms with Crippen LogP contribution in [0.3, 0.4) is 0 Å². The predicted molar refractivity (Wildman–Crippen MR) is 89.4 cm³/mol. The number of alkyl halides is 2. The molecule has 26 heavy (non-hydrogen) atoms. The minimum absolute atomic E-state index is 0.00220. The monoisotopic (exact) mass is 370 g/mol. The molecule has 0 bridgehead atoms. The van der Waals surface area contributed by atoms with E-state index in [4.69, 9.17) is 4.74 Å². The molecule has 0 spiro atoms. The molecule has 0 aliphatic rings. The van der Waals surface area contributed by atoms with Gasteiger partial charge in [0.1, 0.15) is 11.8 Å². The molecule has 1 aromatic rings. The number of hydrogen-bond acceptors (Lipinski definition) is 5. The van der Waals surface area contributed by atoms with Crippen LogP contribution < -0.4 is 15.4 Å². The molecule has 0 aromatic heterocycles. The van der Waals surface area contributed by atoms with E-state index in [0.717, 1.165) is 6.08 Å². The third-order valence-electron chi connectivity index (χ3n) is 2.98. The third kappa shape index (κ3) is 8.22. The Morgan fingerprint density at radius 2 is 1.85 bits per heavy atom. The van der Waals surface area contributed by atoms with Gasteiger partial charge in [-0.2, -0.15) is 8.78 Å². The summed E-state index contributed by atoms with van der Waals surface area (Å²) in [5.74, 6) is -1.72. The van der Waals surface area contributed by atoms with Crippen LogP contribution >= 0.6 is 0 Å². The average Bonchev–Trinajstić information content (AvgIpc) is 2.59. The van der Waals surface area contributed by atoms with Crippen LogP contribution in [0.25, 0.3) is 6.08 Å². The first-order chi connectivity index (χ1) is 12.3. The van der Waals surface area contributed by atoms with Gasteiger partial charge in [0.2, 0.25) is 5.91 Å². The molecule has 0 saturated carbocycles. The van der Waals surface area contributed by atoms with Gasteiger partial charge in [-0.05, 0) is 37.6 Å². The molecule has 0 heterocycles. The van der Waals surface area contributed by atoms with Crippen LogP contribution in [0, 0.1) is 0 Å². The van der Waals surface area contributed by atoms with Crippen molar-refractivity contribution in [2.45, 2.75) is 26.5 Å². The van der Waals surface area contributed by atoms with E-state index in [2.05, 4.69) is 15.4 Å². The number of nitrogens with one attached hydrogen (secondary N) is 2. The lowest BCUT2D eigenvalue weighted by Crippen LogP contribution is -2.46. The summed E-state index contributed by atoms with van der Waals surface area (Å²) < 4.78 is 33.0. The Labute approximate surface area is 149 Å². The molecule has 142 valence electrons. The summed E-state index contributed by atoms with van der Waals surface area (Å²) >= 11 is 0. The highest BCUT2D eigenvalue weighted by molar-refractivity contribution is 5.91. The van der Waals surface area contributed by atoms with Gasteiger partial charge in [-0.3, -0.25) is 9.59 Å². The van der Waals surface area contributed by atoms with Gasteiger partial charge in [0.05, 0.1) is 0 Å². The maximum atomic E-state index is 12.0. The number of carbonyl (C=O) groups is 3. The van der Waals surface area contributed by atoms with Crippen molar-refractivity contribution >= 4 is 23.9 Å². The van der Waals surface area contributed by atoms with Gasteiger partial charge in [0.15, 0.2) is 6.61 Å². The Hall–Kier alpha value is -2.97. The highest BCUT2D eigenvalue weighted by Gasteiger charge is 2.15. The minimum Gasteiger partial charge on any atom is -0.452 e. The van der Waals surface area contributed by atoms with Gasteiger partial charge in [-0.1, -0.05) is 12.1 Å². The number of likely N-dealkylation sites (N-methyl/N-ethyl adjacent to an activating group) is 1. The number of benzene rings is 1. The van der Waals surface area contributed by atoms with Gasteiger partial charge >= 0.3 is 12.6 Å². The first-order valence-corrected chi connectivity index (χ1v) is 7.78. The predicted octanol–water partition coefficient (Wildman–Crippen LogP) is 1.49. The number of amides is 2. The zero-order chi connectivity index (χ0) is 19.5. The molecule has 0 fully saturated rings. The summed E-state index contributed by atoms with van der Waals surface area (Å²) in [4.78, 5) is 34.6. The summed E-state index contributed by atoms with van der Waals surface area (Å²) in [6.07, 6.45) is 2.48. The molecule has 0 radical (unpaired) electrons. The van der Waals surface area contributed by atoms with Crippen molar-refractivity contribution in [2.24, 2.45) is 0 Å². The fraction of sp³-hybridized carbons (Fsp3) is 0.353. The lowest BCUT2D eigenvalue weighted by atomic mass is 10.2. The molecule has 7 nitrogen and oxygen atoms in total. The first kappa shape index (κ1) is 21.1. The van der Waals surface area contributed by atoms with Crippen LogP contribution in [0.5, 0.6) is 5.75 Å². The zero-order valence-corrected chi connectivity index (χ0v) is 14.3. The third-order valence-corrected chi connectivity index (χ3v) is 2.98. The van der Waals surface area contributed by atoms with Gasteiger partial charge < -0.3 is 20.1 Å². The summed E-state index contributed by atoms with van der Waals surface area (Å²) in [6.45, 7) is 0.252. The lowest BCUT2D eigenvalue weighted by Gasteiger charge is -2.12.